The van der Waals surface area contributed by atoms with E-state index >= 15 is 0 Å². The summed E-state index contributed by atoms with van der Waals surface area (Å²) >= 11 is 0. The van der Waals surface area contributed by atoms with E-state index in [0.717, 1.165) is 24.2 Å². The van der Waals surface area contributed by atoms with E-state index < -0.39 is 0 Å². The minimum atomic E-state index is -0.0529. The van der Waals surface area contributed by atoms with Gasteiger partial charge in [-0.3, -0.25) is 5.32 Å². The van der Waals surface area contributed by atoms with Crippen LogP contribution in [0.15, 0.2) is 152 Å². The first-order valence-electron chi connectivity index (χ1n) is 15.0. The van der Waals surface area contributed by atoms with Gasteiger partial charge in [0.2, 0.25) is 0 Å². The van der Waals surface area contributed by atoms with Gasteiger partial charge < -0.3 is 11.1 Å². The summed E-state index contributed by atoms with van der Waals surface area (Å²) in [5.74, 6) is 0. The maximum atomic E-state index is 6.56. The van der Waals surface area contributed by atoms with Crippen LogP contribution in [-0.4, -0.2) is 0 Å². The number of aryl methyl sites for hydroxylation is 2. The third-order valence-corrected chi connectivity index (χ3v) is 8.45. The molecule has 0 aliphatic carbocycles. The summed E-state index contributed by atoms with van der Waals surface area (Å²) in [4.78, 5) is 0. The summed E-state index contributed by atoms with van der Waals surface area (Å²) in [6.07, 6.45) is 4.10. The lowest BCUT2D eigenvalue weighted by atomic mass is 9.93. The number of rotatable bonds is 7. The van der Waals surface area contributed by atoms with Gasteiger partial charge in [0.1, 0.15) is 6.17 Å². The van der Waals surface area contributed by atoms with Crippen molar-refractivity contribution < 1.29 is 0 Å². The lowest BCUT2D eigenvalue weighted by Crippen LogP contribution is -2.39. The highest BCUT2D eigenvalue weighted by molar-refractivity contribution is 5.93. The molecule has 0 spiro atoms. The number of hydrogen-bond donors (Lipinski definition) is 3. The highest BCUT2D eigenvalue weighted by atomic mass is 15.2. The molecule has 7 rings (SSSR count). The number of nitrogen functional groups attached to an aromatic ring is 1. The third-order valence-electron chi connectivity index (χ3n) is 8.45. The minimum absolute atomic E-state index is 0.0529. The van der Waals surface area contributed by atoms with Crippen LogP contribution < -0.4 is 16.4 Å². The molecule has 4 N–H and O–H groups in total. The first-order chi connectivity index (χ1) is 21.2. The standard InChI is InChI=1S/C40H35N3/c41-37-24-22-29-20-21-33(26-36(29)35(37)23-19-28-11-4-1-5-12-28)32-17-10-18-34(25-32)40-42-38(30-13-6-2-7-14-30)27-39(43-40)31-15-8-3-9-16-31/h1-18,20-22,24-27,38,40,42-43H,19,23,41H2. The lowest BCUT2D eigenvalue weighted by molar-refractivity contribution is 0.443. The molecule has 2 atom stereocenters. The smallest absolute Gasteiger partial charge is 0.104 e. The van der Waals surface area contributed by atoms with Crippen molar-refractivity contribution in [3.8, 4) is 11.1 Å². The first kappa shape index (κ1) is 26.8. The van der Waals surface area contributed by atoms with E-state index in [1.807, 2.05) is 6.07 Å². The summed E-state index contributed by atoms with van der Waals surface area (Å²) in [6.45, 7) is 0. The van der Waals surface area contributed by atoms with Crippen LogP contribution in [0.5, 0.6) is 0 Å². The van der Waals surface area contributed by atoms with Crippen molar-refractivity contribution in [1.29, 1.82) is 0 Å². The van der Waals surface area contributed by atoms with E-state index in [1.165, 1.54) is 49.7 Å². The molecule has 0 bridgehead atoms. The summed E-state index contributed by atoms with van der Waals surface area (Å²) in [7, 11) is 0. The van der Waals surface area contributed by atoms with Crippen LogP contribution >= 0.6 is 0 Å². The SMILES string of the molecule is Nc1ccc2ccc(-c3cccc(C4NC(c5ccccc5)=CC(c5ccccc5)N4)c3)cc2c1CCc1ccccc1. The van der Waals surface area contributed by atoms with Gasteiger partial charge in [-0.1, -0.05) is 127 Å². The van der Waals surface area contributed by atoms with Gasteiger partial charge >= 0.3 is 0 Å². The Bertz CT molecular complexity index is 1880. The highest BCUT2D eigenvalue weighted by Crippen LogP contribution is 2.34. The molecular weight excluding hydrogens is 522 g/mol. The number of anilines is 1. The quantitative estimate of drug-likeness (QED) is 0.172. The van der Waals surface area contributed by atoms with Crippen molar-refractivity contribution in [2.24, 2.45) is 0 Å². The van der Waals surface area contributed by atoms with E-state index in [2.05, 4.69) is 156 Å². The van der Waals surface area contributed by atoms with Crippen molar-refractivity contribution in [3.63, 3.8) is 0 Å². The second kappa shape index (κ2) is 12.0. The van der Waals surface area contributed by atoms with Crippen LogP contribution in [0.25, 0.3) is 27.6 Å². The average Bonchev–Trinajstić information content (AvgIpc) is 3.09. The summed E-state index contributed by atoms with van der Waals surface area (Å²) in [5, 5.41) is 10.1. The predicted molar refractivity (Wildman–Crippen MR) is 180 cm³/mol. The number of fused-ring (bicyclic) bond motifs is 1. The monoisotopic (exact) mass is 557 g/mol. The molecule has 1 aliphatic heterocycles. The van der Waals surface area contributed by atoms with E-state index in [4.69, 9.17) is 5.73 Å². The second-order valence-corrected chi connectivity index (χ2v) is 11.3. The van der Waals surface area contributed by atoms with Crippen LogP contribution in [0.2, 0.25) is 0 Å². The molecule has 1 heterocycles. The zero-order valence-electron chi connectivity index (χ0n) is 24.1. The van der Waals surface area contributed by atoms with Crippen molar-refractivity contribution in [2.75, 3.05) is 5.73 Å². The lowest BCUT2D eigenvalue weighted by Gasteiger charge is -2.33. The van der Waals surface area contributed by atoms with Gasteiger partial charge in [-0.15, -0.1) is 0 Å². The molecule has 210 valence electrons. The molecule has 0 saturated heterocycles. The summed E-state index contributed by atoms with van der Waals surface area (Å²) in [5.41, 5.74) is 17.1. The summed E-state index contributed by atoms with van der Waals surface area (Å²) in [6, 6.07) is 51.7. The first-order valence-corrected chi connectivity index (χ1v) is 15.0. The summed E-state index contributed by atoms with van der Waals surface area (Å²) < 4.78 is 0. The van der Waals surface area contributed by atoms with Crippen molar-refractivity contribution >= 4 is 22.2 Å². The van der Waals surface area contributed by atoms with E-state index in [0.29, 0.717) is 0 Å². The molecule has 3 nitrogen and oxygen atoms in total. The molecule has 0 aromatic heterocycles. The molecular formula is C40H35N3. The maximum Gasteiger partial charge on any atom is 0.104 e. The van der Waals surface area contributed by atoms with Gasteiger partial charge in [0, 0.05) is 11.4 Å². The largest absolute Gasteiger partial charge is 0.398 e. The fourth-order valence-corrected chi connectivity index (χ4v) is 6.14. The molecule has 1 aliphatic rings. The zero-order chi connectivity index (χ0) is 29.0. The Balaban J connectivity index is 1.22. The van der Waals surface area contributed by atoms with Gasteiger partial charge in [0.15, 0.2) is 0 Å². The minimum Gasteiger partial charge on any atom is -0.398 e. The predicted octanol–water partition coefficient (Wildman–Crippen LogP) is 8.85. The Morgan fingerprint density at radius 2 is 1.21 bits per heavy atom. The maximum absolute atomic E-state index is 6.56. The van der Waals surface area contributed by atoms with E-state index in [-0.39, 0.29) is 12.2 Å². The van der Waals surface area contributed by atoms with Crippen LogP contribution in [0.4, 0.5) is 5.69 Å². The molecule has 43 heavy (non-hydrogen) atoms. The molecule has 6 aromatic carbocycles. The van der Waals surface area contributed by atoms with Gasteiger partial charge in [0.25, 0.3) is 0 Å². The van der Waals surface area contributed by atoms with Crippen LogP contribution in [0, 0.1) is 0 Å². The Morgan fingerprint density at radius 1 is 0.558 bits per heavy atom. The van der Waals surface area contributed by atoms with E-state index in [9.17, 15) is 0 Å². The topological polar surface area (TPSA) is 50.1 Å². The Kier molecular flexibility index (Phi) is 7.47. The molecule has 3 heteroatoms. The fourth-order valence-electron chi connectivity index (χ4n) is 6.14. The second-order valence-electron chi connectivity index (χ2n) is 11.3. The van der Waals surface area contributed by atoms with E-state index in [1.54, 1.807) is 0 Å². The highest BCUT2D eigenvalue weighted by Gasteiger charge is 2.24. The average molecular weight is 558 g/mol. The normalized spacial score (nSPS) is 16.4. The molecule has 6 aromatic rings. The van der Waals surface area contributed by atoms with Crippen molar-refractivity contribution in [2.45, 2.75) is 25.0 Å². The van der Waals surface area contributed by atoms with Gasteiger partial charge in [-0.2, -0.15) is 0 Å². The molecule has 0 saturated carbocycles. The molecule has 2 unspecified atom stereocenters. The van der Waals surface area contributed by atoms with Gasteiger partial charge in [0.05, 0.1) is 6.04 Å². The zero-order valence-corrected chi connectivity index (χ0v) is 24.1. The van der Waals surface area contributed by atoms with Gasteiger partial charge in [-0.25, -0.2) is 0 Å². The third kappa shape index (κ3) is 5.81. The van der Waals surface area contributed by atoms with Crippen molar-refractivity contribution in [3.05, 3.63) is 179 Å². The van der Waals surface area contributed by atoms with Crippen LogP contribution in [0.3, 0.4) is 0 Å². The number of hydrogen-bond acceptors (Lipinski definition) is 3. The number of benzene rings is 6. The van der Waals surface area contributed by atoms with Crippen LogP contribution in [0.1, 0.15) is 40.0 Å². The molecule has 0 amide bonds. The molecule has 0 radical (unpaired) electrons. The molecule has 0 fully saturated rings. The fraction of sp³-hybridized carbons (Fsp3) is 0.100. The van der Waals surface area contributed by atoms with Gasteiger partial charge in [-0.05, 0) is 86.8 Å². The van der Waals surface area contributed by atoms with Crippen LogP contribution in [-0.2, 0) is 12.8 Å². The Hall–Kier alpha value is -5.12. The Labute approximate surface area is 253 Å². The number of nitrogens with one attached hydrogen (secondary N) is 2. The van der Waals surface area contributed by atoms with Crippen molar-refractivity contribution in [1.82, 2.24) is 10.6 Å². The number of nitrogens with two attached hydrogens (primary N) is 1. The Morgan fingerprint density at radius 3 is 2.00 bits per heavy atom.